The minimum absolute atomic E-state index is 0.247. The van der Waals surface area contributed by atoms with Crippen LogP contribution in [0.5, 0.6) is 0 Å². The molecule has 0 saturated carbocycles. The van der Waals surface area contributed by atoms with Crippen molar-refractivity contribution in [2.75, 3.05) is 19.0 Å². The van der Waals surface area contributed by atoms with Crippen molar-refractivity contribution in [1.29, 1.82) is 0 Å². The van der Waals surface area contributed by atoms with E-state index in [2.05, 4.69) is 21.2 Å². The average molecular weight is 357 g/mol. The molecule has 2 N–H and O–H groups in total. The molecule has 1 saturated heterocycles. The molecule has 2 atom stereocenters. The van der Waals surface area contributed by atoms with Gasteiger partial charge in [-0.2, -0.15) is 0 Å². The van der Waals surface area contributed by atoms with Gasteiger partial charge in [-0.1, -0.05) is 15.9 Å². The van der Waals surface area contributed by atoms with E-state index in [4.69, 9.17) is 4.74 Å². The number of aliphatic carboxylic acids is 1. The van der Waals surface area contributed by atoms with Crippen LogP contribution in [-0.4, -0.2) is 47.8 Å². The number of halogens is 1. The zero-order chi connectivity index (χ0) is 15.6. The third kappa shape index (κ3) is 3.54. The van der Waals surface area contributed by atoms with Gasteiger partial charge in [-0.05, 0) is 30.7 Å². The van der Waals surface area contributed by atoms with E-state index in [9.17, 15) is 14.7 Å². The van der Waals surface area contributed by atoms with E-state index in [1.54, 1.807) is 6.07 Å². The second-order valence-corrected chi connectivity index (χ2v) is 5.85. The summed E-state index contributed by atoms with van der Waals surface area (Å²) in [5.41, 5.74) is 1.62. The maximum atomic E-state index is 12.3. The Morgan fingerprint density at radius 2 is 2.19 bits per heavy atom. The first kappa shape index (κ1) is 15.8. The lowest BCUT2D eigenvalue weighted by Gasteiger charge is -2.21. The van der Waals surface area contributed by atoms with Gasteiger partial charge in [0.2, 0.25) is 0 Å². The number of amides is 2. The van der Waals surface area contributed by atoms with Crippen molar-refractivity contribution in [3.05, 3.63) is 28.2 Å². The lowest BCUT2D eigenvalue weighted by molar-refractivity contribution is -0.141. The first-order valence-electron chi connectivity index (χ1n) is 6.51. The maximum Gasteiger partial charge on any atom is 0.326 e. The summed E-state index contributed by atoms with van der Waals surface area (Å²) in [6.45, 7) is 2.19. The average Bonchev–Trinajstić information content (AvgIpc) is 2.87. The van der Waals surface area contributed by atoms with Crippen molar-refractivity contribution in [3.8, 4) is 0 Å². The second kappa shape index (κ2) is 6.44. The van der Waals surface area contributed by atoms with Gasteiger partial charge in [-0.15, -0.1) is 0 Å². The number of nitrogens with one attached hydrogen (secondary N) is 1. The summed E-state index contributed by atoms with van der Waals surface area (Å²) in [5, 5.41) is 11.9. The number of ether oxygens (including phenoxy) is 1. The van der Waals surface area contributed by atoms with E-state index in [1.165, 1.54) is 12.0 Å². The molecule has 2 rings (SSSR count). The predicted octanol–water partition coefficient (Wildman–Crippen LogP) is 2.46. The van der Waals surface area contributed by atoms with Gasteiger partial charge in [0.1, 0.15) is 6.04 Å². The number of carbonyl (C=O) groups excluding carboxylic acids is 1. The van der Waals surface area contributed by atoms with Gasteiger partial charge >= 0.3 is 12.0 Å². The number of carbonyl (C=O) groups is 2. The van der Waals surface area contributed by atoms with Crippen LogP contribution in [0.1, 0.15) is 12.0 Å². The summed E-state index contributed by atoms with van der Waals surface area (Å²) in [5.74, 6) is -1.02. The van der Waals surface area contributed by atoms with Crippen molar-refractivity contribution in [2.24, 2.45) is 0 Å². The maximum absolute atomic E-state index is 12.3. The first-order valence-corrected chi connectivity index (χ1v) is 7.31. The number of anilines is 1. The standard InChI is InChI=1S/C14H17BrN2O4/c1-8-5-9(3-4-11(8)15)16-14(20)17-7-10(21-2)6-12(17)13(18)19/h3-5,10,12H,6-7H2,1-2H3,(H,16,20)(H,18,19). The van der Waals surface area contributed by atoms with Gasteiger partial charge in [0.15, 0.2) is 0 Å². The molecular formula is C14H17BrN2O4. The molecule has 1 aromatic rings. The molecule has 0 aliphatic carbocycles. The fraction of sp³-hybridized carbons (Fsp3) is 0.429. The van der Waals surface area contributed by atoms with Crippen molar-refractivity contribution >= 4 is 33.6 Å². The number of hydrogen-bond acceptors (Lipinski definition) is 3. The van der Waals surface area contributed by atoms with Gasteiger partial charge in [0.25, 0.3) is 0 Å². The SMILES string of the molecule is COC1CC(C(=O)O)N(C(=O)Nc2ccc(Br)c(C)c2)C1. The summed E-state index contributed by atoms with van der Waals surface area (Å²) >= 11 is 3.39. The molecule has 0 spiro atoms. The Hall–Kier alpha value is -1.60. The van der Waals surface area contributed by atoms with Crippen LogP contribution >= 0.6 is 15.9 Å². The smallest absolute Gasteiger partial charge is 0.326 e. The number of nitrogens with zero attached hydrogens (tertiary/aromatic N) is 1. The molecule has 21 heavy (non-hydrogen) atoms. The zero-order valence-electron chi connectivity index (χ0n) is 11.8. The fourth-order valence-electron chi connectivity index (χ4n) is 2.34. The number of aryl methyl sites for hydroxylation is 1. The Bertz CT molecular complexity index is 564. The molecule has 2 amide bonds. The van der Waals surface area contributed by atoms with Crippen LogP contribution in [0.4, 0.5) is 10.5 Å². The highest BCUT2D eigenvalue weighted by atomic mass is 79.9. The number of carboxylic acid groups (broad SMARTS) is 1. The van der Waals surface area contributed by atoms with E-state index in [1.807, 2.05) is 19.1 Å². The molecule has 7 heteroatoms. The highest BCUT2D eigenvalue weighted by Gasteiger charge is 2.39. The topological polar surface area (TPSA) is 78.9 Å². The molecule has 1 aromatic carbocycles. The van der Waals surface area contributed by atoms with E-state index >= 15 is 0 Å². The minimum atomic E-state index is -1.02. The Labute approximate surface area is 131 Å². The number of rotatable bonds is 3. The lowest BCUT2D eigenvalue weighted by Crippen LogP contribution is -2.43. The first-order chi connectivity index (χ1) is 9.92. The van der Waals surface area contributed by atoms with Gasteiger partial charge in [-0.25, -0.2) is 9.59 Å². The molecule has 0 aromatic heterocycles. The zero-order valence-corrected chi connectivity index (χ0v) is 13.4. The molecule has 1 aliphatic heterocycles. The third-order valence-electron chi connectivity index (χ3n) is 3.55. The Kier molecular flexibility index (Phi) is 4.84. The van der Waals surface area contributed by atoms with Crippen LogP contribution in [0.25, 0.3) is 0 Å². The molecule has 1 aliphatic rings. The molecule has 0 bridgehead atoms. The summed E-state index contributed by atoms with van der Waals surface area (Å²) in [6, 6.07) is 4.13. The second-order valence-electron chi connectivity index (χ2n) is 4.99. The number of methoxy groups -OCH3 is 1. The predicted molar refractivity (Wildman–Crippen MR) is 81.4 cm³/mol. The van der Waals surface area contributed by atoms with Crippen LogP contribution in [0.15, 0.2) is 22.7 Å². The van der Waals surface area contributed by atoms with Crippen molar-refractivity contribution in [3.63, 3.8) is 0 Å². The van der Waals surface area contributed by atoms with E-state index < -0.39 is 18.0 Å². The normalized spacial score (nSPS) is 21.4. The Morgan fingerprint density at radius 1 is 1.48 bits per heavy atom. The van der Waals surface area contributed by atoms with Gasteiger partial charge < -0.3 is 20.1 Å². The summed E-state index contributed by atoms with van der Waals surface area (Å²) in [4.78, 5) is 24.8. The molecule has 6 nitrogen and oxygen atoms in total. The van der Waals surface area contributed by atoms with Crippen LogP contribution in [0.3, 0.4) is 0 Å². The highest BCUT2D eigenvalue weighted by molar-refractivity contribution is 9.10. The van der Waals surface area contributed by atoms with E-state index in [0.29, 0.717) is 12.1 Å². The number of carboxylic acids is 1. The quantitative estimate of drug-likeness (QED) is 0.871. The van der Waals surface area contributed by atoms with Crippen molar-refractivity contribution < 1.29 is 19.4 Å². The molecule has 1 fully saturated rings. The minimum Gasteiger partial charge on any atom is -0.480 e. The number of benzene rings is 1. The summed E-state index contributed by atoms with van der Waals surface area (Å²) in [7, 11) is 1.52. The van der Waals surface area contributed by atoms with E-state index in [0.717, 1.165) is 10.0 Å². The van der Waals surface area contributed by atoms with Gasteiger partial charge in [-0.3, -0.25) is 0 Å². The number of urea groups is 1. The van der Waals surface area contributed by atoms with Crippen molar-refractivity contribution in [1.82, 2.24) is 4.90 Å². The van der Waals surface area contributed by atoms with Crippen LogP contribution < -0.4 is 5.32 Å². The van der Waals surface area contributed by atoms with Crippen molar-refractivity contribution in [2.45, 2.75) is 25.5 Å². The van der Waals surface area contributed by atoms with Gasteiger partial charge in [0, 0.05) is 30.2 Å². The van der Waals surface area contributed by atoms with Crippen LogP contribution in [0.2, 0.25) is 0 Å². The molecule has 1 heterocycles. The molecular weight excluding hydrogens is 340 g/mol. The van der Waals surface area contributed by atoms with Gasteiger partial charge in [0.05, 0.1) is 6.10 Å². The highest BCUT2D eigenvalue weighted by Crippen LogP contribution is 2.23. The molecule has 114 valence electrons. The number of hydrogen-bond donors (Lipinski definition) is 2. The van der Waals surface area contributed by atoms with Crippen LogP contribution in [-0.2, 0) is 9.53 Å². The third-order valence-corrected chi connectivity index (χ3v) is 4.44. The summed E-state index contributed by atoms with van der Waals surface area (Å²) < 4.78 is 6.11. The Morgan fingerprint density at radius 3 is 2.76 bits per heavy atom. The van der Waals surface area contributed by atoms with E-state index in [-0.39, 0.29) is 12.6 Å². The monoisotopic (exact) mass is 356 g/mol. The largest absolute Gasteiger partial charge is 0.480 e. The molecule has 0 radical (unpaired) electrons. The summed E-state index contributed by atoms with van der Waals surface area (Å²) in [6.07, 6.45) is 0.0574. The Balaban J connectivity index is 2.11. The van der Waals surface area contributed by atoms with Crippen LogP contribution in [0, 0.1) is 6.92 Å². The number of likely N-dealkylation sites (tertiary alicyclic amines) is 1. The molecule has 2 unspecified atom stereocenters. The lowest BCUT2D eigenvalue weighted by atomic mass is 10.2. The fourth-order valence-corrected chi connectivity index (χ4v) is 2.59.